The Labute approximate surface area is 254 Å². The van der Waals surface area contributed by atoms with E-state index in [1.807, 2.05) is 32.9 Å². The molecule has 41 heavy (non-hydrogen) atoms. The second kappa shape index (κ2) is 18.9. The topological polar surface area (TPSA) is 0 Å². The van der Waals surface area contributed by atoms with Crippen LogP contribution in [0.5, 0.6) is 0 Å². The lowest BCUT2D eigenvalue weighted by molar-refractivity contribution is 0.462. The molecule has 0 aliphatic heterocycles. The Morgan fingerprint density at radius 2 is 1.83 bits per heavy atom. The highest BCUT2D eigenvalue weighted by Crippen LogP contribution is 2.44. The predicted octanol–water partition coefficient (Wildman–Crippen LogP) is 12.9. The number of hydrogen-bond donors (Lipinski definition) is 0. The minimum Gasteiger partial charge on any atom is -0.251 e. The summed E-state index contributed by atoms with van der Waals surface area (Å²) >= 11 is 6.02. The zero-order valence-corrected chi connectivity index (χ0v) is 26.8. The molecule has 2 aromatic carbocycles. The average molecular weight is 581 g/mol. The molecule has 2 aliphatic carbocycles. The SMILES string of the molecule is C=Cc1ccc2c(c1)CCCC(c1ccc(Cl)c(F)c1)=C2C1C=CC(CC(CC)CCC)=CC1.CC.CCCCF. The van der Waals surface area contributed by atoms with Gasteiger partial charge in [0.2, 0.25) is 0 Å². The van der Waals surface area contributed by atoms with Gasteiger partial charge in [0.25, 0.3) is 0 Å². The predicted molar refractivity (Wildman–Crippen MR) is 179 cm³/mol. The molecule has 2 atom stereocenters. The summed E-state index contributed by atoms with van der Waals surface area (Å²) in [4.78, 5) is 0. The molecule has 0 nitrogen and oxygen atoms in total. The fraction of sp³-hybridized carbons (Fsp3) is 0.474. The van der Waals surface area contributed by atoms with Crippen molar-refractivity contribution in [3.05, 3.63) is 99.9 Å². The van der Waals surface area contributed by atoms with Gasteiger partial charge in [-0.1, -0.05) is 133 Å². The van der Waals surface area contributed by atoms with Gasteiger partial charge in [0.1, 0.15) is 5.82 Å². The van der Waals surface area contributed by atoms with Crippen LogP contribution >= 0.6 is 11.6 Å². The van der Waals surface area contributed by atoms with Crippen LogP contribution in [0.4, 0.5) is 8.78 Å². The Morgan fingerprint density at radius 3 is 2.39 bits per heavy atom. The second-order valence-corrected chi connectivity index (χ2v) is 11.2. The first-order valence-corrected chi connectivity index (χ1v) is 16.2. The molecule has 0 aromatic heterocycles. The summed E-state index contributed by atoms with van der Waals surface area (Å²) in [6.07, 6.45) is 19.7. The molecule has 0 amide bonds. The van der Waals surface area contributed by atoms with Crippen molar-refractivity contribution in [2.24, 2.45) is 11.8 Å². The zero-order valence-electron chi connectivity index (χ0n) is 26.0. The van der Waals surface area contributed by atoms with Crippen molar-refractivity contribution in [3.63, 3.8) is 0 Å². The van der Waals surface area contributed by atoms with Gasteiger partial charge in [0, 0.05) is 5.92 Å². The van der Waals surface area contributed by atoms with Gasteiger partial charge in [-0.2, -0.15) is 0 Å². The first-order valence-electron chi connectivity index (χ1n) is 15.8. The second-order valence-electron chi connectivity index (χ2n) is 10.8. The molecule has 0 bridgehead atoms. The molecule has 0 spiro atoms. The monoisotopic (exact) mass is 580 g/mol. The highest BCUT2D eigenvalue weighted by Gasteiger charge is 2.25. The van der Waals surface area contributed by atoms with Crippen LogP contribution in [-0.2, 0) is 6.42 Å². The first-order chi connectivity index (χ1) is 19.9. The smallest absolute Gasteiger partial charge is 0.142 e. The third-order valence-electron chi connectivity index (χ3n) is 7.95. The van der Waals surface area contributed by atoms with Crippen LogP contribution in [0.2, 0.25) is 5.02 Å². The van der Waals surface area contributed by atoms with Gasteiger partial charge in [0.15, 0.2) is 0 Å². The van der Waals surface area contributed by atoms with E-state index in [9.17, 15) is 8.78 Å². The normalized spacial score (nSPS) is 16.8. The van der Waals surface area contributed by atoms with Crippen LogP contribution in [0.1, 0.15) is 115 Å². The van der Waals surface area contributed by atoms with Crippen LogP contribution in [0.15, 0.2) is 66.8 Å². The van der Waals surface area contributed by atoms with E-state index in [1.54, 1.807) is 12.1 Å². The standard InChI is InChI=1S/C32H36ClF.C4H9F.C2H6/c1-4-8-22(5-2)19-24-11-14-25(15-12-24)32-28(27-16-18-30(33)31(34)21-27)10-7-9-26-20-23(6-3)13-17-29(26)32;1-2-3-4-5;1-2/h6,11-14,16-18,20-22,25H,3-5,7-10,15,19H2,1-2H3;2-4H2,1H3;1-2H3. The van der Waals surface area contributed by atoms with Crippen LogP contribution in [0.3, 0.4) is 0 Å². The van der Waals surface area contributed by atoms with Gasteiger partial charge in [0.05, 0.1) is 11.7 Å². The molecule has 0 fully saturated rings. The van der Waals surface area contributed by atoms with Gasteiger partial charge in [-0.25, -0.2) is 4.39 Å². The first kappa shape index (κ1) is 34.7. The van der Waals surface area contributed by atoms with E-state index in [-0.39, 0.29) is 23.4 Å². The number of aryl methyl sites for hydroxylation is 1. The number of fused-ring (bicyclic) bond motifs is 1. The van der Waals surface area contributed by atoms with Crippen molar-refractivity contribution in [1.82, 2.24) is 0 Å². The van der Waals surface area contributed by atoms with Gasteiger partial charge >= 0.3 is 0 Å². The molecule has 2 aromatic rings. The van der Waals surface area contributed by atoms with Gasteiger partial charge in [-0.15, -0.1) is 0 Å². The van der Waals surface area contributed by atoms with E-state index < -0.39 is 0 Å². The van der Waals surface area contributed by atoms with Gasteiger partial charge in [-0.05, 0) is 90.0 Å². The van der Waals surface area contributed by atoms with Crippen molar-refractivity contribution in [3.8, 4) is 0 Å². The van der Waals surface area contributed by atoms with E-state index in [4.69, 9.17) is 11.6 Å². The van der Waals surface area contributed by atoms with Crippen molar-refractivity contribution >= 4 is 28.8 Å². The van der Waals surface area contributed by atoms with Crippen molar-refractivity contribution < 1.29 is 8.78 Å². The molecule has 0 saturated heterocycles. The summed E-state index contributed by atoms with van der Waals surface area (Å²) in [5.74, 6) is 0.704. The summed E-state index contributed by atoms with van der Waals surface area (Å²) in [5.41, 5.74) is 8.84. The molecule has 0 saturated carbocycles. The van der Waals surface area contributed by atoms with Crippen LogP contribution < -0.4 is 0 Å². The fourth-order valence-electron chi connectivity index (χ4n) is 5.73. The Hall–Kier alpha value is -2.45. The van der Waals surface area contributed by atoms with E-state index in [2.05, 4.69) is 56.9 Å². The molecule has 3 heteroatoms. The number of benzene rings is 2. The molecule has 224 valence electrons. The lowest BCUT2D eigenvalue weighted by Gasteiger charge is -2.25. The Balaban J connectivity index is 0.000000759. The lowest BCUT2D eigenvalue weighted by Crippen LogP contribution is -2.08. The van der Waals surface area contributed by atoms with Crippen LogP contribution in [0, 0.1) is 17.7 Å². The minimum absolute atomic E-state index is 0.156. The molecular weight excluding hydrogens is 530 g/mol. The third kappa shape index (κ3) is 10.1. The average Bonchev–Trinajstić information content (AvgIpc) is 3.19. The molecule has 2 unspecified atom stereocenters. The zero-order chi connectivity index (χ0) is 30.2. The molecule has 0 N–H and O–H groups in total. The molecular formula is C38H51ClF2. The van der Waals surface area contributed by atoms with Crippen molar-refractivity contribution in [2.45, 2.75) is 98.8 Å². The highest BCUT2D eigenvalue weighted by atomic mass is 35.5. The van der Waals surface area contributed by atoms with E-state index >= 15 is 0 Å². The summed E-state index contributed by atoms with van der Waals surface area (Å²) in [6, 6.07) is 12.0. The minimum atomic E-state index is -0.347. The van der Waals surface area contributed by atoms with Crippen molar-refractivity contribution in [1.29, 1.82) is 0 Å². The van der Waals surface area contributed by atoms with E-state index in [0.29, 0.717) is 0 Å². The maximum Gasteiger partial charge on any atom is 0.142 e. The molecule has 2 aliphatic rings. The summed E-state index contributed by atoms with van der Waals surface area (Å²) in [7, 11) is 0. The van der Waals surface area contributed by atoms with Crippen LogP contribution in [-0.4, -0.2) is 6.67 Å². The molecule has 0 heterocycles. The number of rotatable bonds is 10. The Kier molecular flexibility index (Phi) is 16.0. The maximum absolute atomic E-state index is 14.5. The van der Waals surface area contributed by atoms with E-state index in [0.717, 1.165) is 55.6 Å². The van der Waals surface area contributed by atoms with E-state index in [1.165, 1.54) is 53.5 Å². The highest BCUT2D eigenvalue weighted by molar-refractivity contribution is 6.30. The maximum atomic E-state index is 14.5. The number of unbranched alkanes of at least 4 members (excludes halogenated alkanes) is 1. The number of halogens is 3. The molecule has 0 radical (unpaired) electrons. The summed E-state index contributed by atoms with van der Waals surface area (Å²) in [6.45, 7) is 14.4. The lowest BCUT2D eigenvalue weighted by atomic mass is 9.79. The number of allylic oxidation sites excluding steroid dienone is 6. The quantitative estimate of drug-likeness (QED) is 0.262. The van der Waals surface area contributed by atoms with Gasteiger partial charge < -0.3 is 0 Å². The molecule has 4 rings (SSSR count). The Morgan fingerprint density at radius 1 is 1.05 bits per heavy atom. The van der Waals surface area contributed by atoms with Crippen LogP contribution in [0.25, 0.3) is 17.2 Å². The van der Waals surface area contributed by atoms with Crippen molar-refractivity contribution in [2.75, 3.05) is 6.67 Å². The largest absolute Gasteiger partial charge is 0.251 e. The van der Waals surface area contributed by atoms with Gasteiger partial charge in [-0.3, -0.25) is 4.39 Å². The third-order valence-corrected chi connectivity index (χ3v) is 8.26. The number of hydrogen-bond acceptors (Lipinski definition) is 0. The fourth-order valence-corrected chi connectivity index (χ4v) is 5.84. The Bertz CT molecular complexity index is 1180. The number of alkyl halides is 1. The summed E-state index contributed by atoms with van der Waals surface area (Å²) in [5, 5.41) is 0.179. The summed E-state index contributed by atoms with van der Waals surface area (Å²) < 4.78 is 25.5.